The fourth-order valence-corrected chi connectivity index (χ4v) is 2.80. The first-order valence-corrected chi connectivity index (χ1v) is 6.80. The van der Waals surface area contributed by atoms with Crippen LogP contribution in [-0.2, 0) is 7.05 Å². The molecule has 0 spiro atoms. The minimum Gasteiger partial charge on any atom is -0.409 e. The number of carbonyl (C=O) groups is 1. The highest BCUT2D eigenvalue weighted by Gasteiger charge is 2.38. The van der Waals surface area contributed by atoms with Gasteiger partial charge in [-0.15, -0.1) is 0 Å². The van der Waals surface area contributed by atoms with Crippen molar-refractivity contribution in [3.63, 3.8) is 0 Å². The van der Waals surface area contributed by atoms with E-state index in [0.29, 0.717) is 18.5 Å². The maximum atomic E-state index is 12.4. The maximum Gasteiger partial charge on any atom is 0.270 e. The van der Waals surface area contributed by atoms with Crippen molar-refractivity contribution in [3.8, 4) is 0 Å². The molecule has 0 unspecified atom stereocenters. The molecule has 1 saturated carbocycles. The van der Waals surface area contributed by atoms with Gasteiger partial charge in [-0.3, -0.25) is 9.48 Å². The first-order chi connectivity index (χ1) is 9.48. The van der Waals surface area contributed by atoms with Crippen LogP contribution in [0.4, 0.5) is 0 Å². The Kier molecular flexibility index (Phi) is 3.96. The van der Waals surface area contributed by atoms with Gasteiger partial charge < -0.3 is 16.3 Å². The Morgan fingerprint density at radius 1 is 1.50 bits per heavy atom. The normalized spacial score (nSPS) is 18.8. The summed E-state index contributed by atoms with van der Waals surface area (Å²) >= 11 is 0. The summed E-state index contributed by atoms with van der Waals surface area (Å²) in [6, 6.07) is 1.72. The van der Waals surface area contributed by atoms with Crippen LogP contribution < -0.4 is 11.1 Å². The molecule has 110 valence electrons. The van der Waals surface area contributed by atoms with E-state index in [1.807, 2.05) is 6.92 Å². The van der Waals surface area contributed by atoms with Gasteiger partial charge in [-0.1, -0.05) is 24.4 Å². The number of amides is 1. The zero-order valence-corrected chi connectivity index (χ0v) is 11.9. The quantitative estimate of drug-likeness (QED) is 0.331. The van der Waals surface area contributed by atoms with Crippen molar-refractivity contribution in [1.82, 2.24) is 15.1 Å². The number of aryl methyl sites for hydroxylation is 2. The van der Waals surface area contributed by atoms with E-state index in [2.05, 4.69) is 15.6 Å². The van der Waals surface area contributed by atoms with Crippen molar-refractivity contribution in [3.05, 3.63) is 17.5 Å². The van der Waals surface area contributed by atoms with Crippen LogP contribution in [0.2, 0.25) is 0 Å². The number of hydrogen-bond donors (Lipinski definition) is 3. The van der Waals surface area contributed by atoms with Crippen LogP contribution in [-0.4, -0.2) is 32.3 Å². The topological polar surface area (TPSA) is 106 Å². The van der Waals surface area contributed by atoms with E-state index in [9.17, 15) is 4.79 Å². The predicted molar refractivity (Wildman–Crippen MR) is 74.6 cm³/mol. The Labute approximate surface area is 117 Å². The number of carbonyl (C=O) groups excluding carboxylic acids is 1. The Hall–Kier alpha value is -2.05. The molecule has 0 bridgehead atoms. The number of oxime groups is 1. The summed E-state index contributed by atoms with van der Waals surface area (Å²) in [4.78, 5) is 12.4. The van der Waals surface area contributed by atoms with Gasteiger partial charge in [0.15, 0.2) is 5.84 Å². The third kappa shape index (κ3) is 2.61. The second-order valence-electron chi connectivity index (χ2n) is 5.38. The summed E-state index contributed by atoms with van der Waals surface area (Å²) in [6.07, 6.45) is 4.36. The highest BCUT2D eigenvalue weighted by molar-refractivity contribution is 5.99. The third-order valence-corrected chi connectivity index (χ3v) is 3.89. The summed E-state index contributed by atoms with van der Waals surface area (Å²) in [7, 11) is 1.72. The predicted octanol–water partition coefficient (Wildman–Crippen LogP) is 0.908. The van der Waals surface area contributed by atoms with Crippen LogP contribution in [0.3, 0.4) is 0 Å². The second kappa shape index (κ2) is 5.52. The minimum atomic E-state index is -0.748. The number of aromatic nitrogens is 2. The average molecular weight is 279 g/mol. The minimum absolute atomic E-state index is 0.0736. The maximum absolute atomic E-state index is 12.4. The molecule has 1 aromatic heterocycles. The van der Waals surface area contributed by atoms with Crippen molar-refractivity contribution in [2.45, 2.75) is 44.6 Å². The van der Waals surface area contributed by atoms with E-state index in [4.69, 9.17) is 10.9 Å². The number of nitrogens with two attached hydrogens (primary N) is 1. The number of nitrogens with one attached hydrogen (secondary N) is 1. The molecule has 0 aromatic carbocycles. The first-order valence-electron chi connectivity index (χ1n) is 6.80. The van der Waals surface area contributed by atoms with E-state index < -0.39 is 5.54 Å². The molecule has 1 amide bonds. The fraction of sp³-hybridized carbons (Fsp3) is 0.615. The average Bonchev–Trinajstić information content (AvgIpc) is 2.78. The number of nitrogens with zero attached hydrogens (tertiary/aromatic N) is 3. The largest absolute Gasteiger partial charge is 0.409 e. The molecule has 0 atom stereocenters. The van der Waals surface area contributed by atoms with Crippen LogP contribution in [0.5, 0.6) is 0 Å². The summed E-state index contributed by atoms with van der Waals surface area (Å²) < 4.78 is 1.54. The lowest BCUT2D eigenvalue weighted by Crippen LogP contribution is -2.58. The van der Waals surface area contributed by atoms with Gasteiger partial charge >= 0.3 is 0 Å². The molecule has 1 aliphatic carbocycles. The Bertz CT molecular complexity index is 529. The van der Waals surface area contributed by atoms with Crippen molar-refractivity contribution in [2.75, 3.05) is 0 Å². The summed E-state index contributed by atoms with van der Waals surface area (Å²) in [5.41, 5.74) is 6.31. The van der Waals surface area contributed by atoms with Gasteiger partial charge in [0, 0.05) is 7.05 Å². The zero-order valence-electron chi connectivity index (χ0n) is 11.9. The molecule has 1 heterocycles. The summed E-state index contributed by atoms with van der Waals surface area (Å²) in [6.45, 7) is 1.83. The number of rotatable bonds is 3. The van der Waals surface area contributed by atoms with Gasteiger partial charge in [0.1, 0.15) is 11.2 Å². The Morgan fingerprint density at radius 3 is 2.65 bits per heavy atom. The standard InChI is InChI=1S/C13H21N5O2/c1-9-8-10(18(2)16-9)11(19)15-13(12(14)17-20)6-4-3-5-7-13/h8,20H,3-7H2,1-2H3,(H2,14,17)(H,15,19). The van der Waals surface area contributed by atoms with Crippen LogP contribution in [0.1, 0.15) is 48.3 Å². The van der Waals surface area contributed by atoms with Crippen LogP contribution in [0.25, 0.3) is 0 Å². The van der Waals surface area contributed by atoms with E-state index in [1.54, 1.807) is 13.1 Å². The molecule has 4 N–H and O–H groups in total. The van der Waals surface area contributed by atoms with Gasteiger partial charge in [0.2, 0.25) is 0 Å². The van der Waals surface area contributed by atoms with Gasteiger partial charge in [-0.25, -0.2) is 0 Å². The zero-order chi connectivity index (χ0) is 14.8. The molecule has 0 aliphatic heterocycles. The molecule has 2 rings (SSSR count). The molecule has 7 heteroatoms. The second-order valence-corrected chi connectivity index (χ2v) is 5.38. The van der Waals surface area contributed by atoms with Gasteiger partial charge in [-0.05, 0) is 25.8 Å². The van der Waals surface area contributed by atoms with E-state index >= 15 is 0 Å². The van der Waals surface area contributed by atoms with Crippen molar-refractivity contribution in [1.29, 1.82) is 0 Å². The third-order valence-electron chi connectivity index (χ3n) is 3.89. The lowest BCUT2D eigenvalue weighted by Gasteiger charge is -2.36. The van der Waals surface area contributed by atoms with Crippen molar-refractivity contribution < 1.29 is 10.0 Å². The molecular formula is C13H21N5O2. The molecule has 0 radical (unpaired) electrons. The van der Waals surface area contributed by atoms with E-state index in [1.165, 1.54) is 4.68 Å². The highest BCUT2D eigenvalue weighted by atomic mass is 16.4. The van der Waals surface area contributed by atoms with Gasteiger partial charge in [0.05, 0.1) is 5.69 Å². The SMILES string of the molecule is Cc1cc(C(=O)NC2(C(N)=NO)CCCCC2)n(C)n1. The van der Waals surface area contributed by atoms with Gasteiger partial charge in [-0.2, -0.15) is 5.10 Å². The monoisotopic (exact) mass is 279 g/mol. The molecule has 1 fully saturated rings. The van der Waals surface area contributed by atoms with Crippen molar-refractivity contribution >= 4 is 11.7 Å². The molecule has 0 saturated heterocycles. The molecule has 1 aliphatic rings. The Morgan fingerprint density at radius 2 is 2.15 bits per heavy atom. The molecular weight excluding hydrogens is 258 g/mol. The summed E-state index contributed by atoms with van der Waals surface area (Å²) in [5.74, 6) is -0.175. The molecule has 1 aromatic rings. The summed E-state index contributed by atoms with van der Waals surface area (Å²) in [5, 5.41) is 19.2. The number of hydrogen-bond acceptors (Lipinski definition) is 4. The fourth-order valence-electron chi connectivity index (χ4n) is 2.80. The highest BCUT2D eigenvalue weighted by Crippen LogP contribution is 2.28. The van der Waals surface area contributed by atoms with Crippen LogP contribution in [0, 0.1) is 6.92 Å². The lowest BCUT2D eigenvalue weighted by molar-refractivity contribution is 0.0896. The van der Waals surface area contributed by atoms with Gasteiger partial charge in [0.25, 0.3) is 5.91 Å². The Balaban J connectivity index is 2.24. The smallest absolute Gasteiger partial charge is 0.270 e. The van der Waals surface area contributed by atoms with E-state index in [-0.39, 0.29) is 11.7 Å². The number of amidine groups is 1. The van der Waals surface area contributed by atoms with E-state index in [0.717, 1.165) is 25.0 Å². The van der Waals surface area contributed by atoms with Crippen molar-refractivity contribution in [2.24, 2.45) is 17.9 Å². The lowest BCUT2D eigenvalue weighted by atomic mass is 9.80. The first kappa shape index (κ1) is 14.4. The van der Waals surface area contributed by atoms with Crippen LogP contribution in [0.15, 0.2) is 11.2 Å². The molecule has 7 nitrogen and oxygen atoms in total. The van der Waals surface area contributed by atoms with Crippen LogP contribution >= 0.6 is 0 Å². The molecule has 20 heavy (non-hydrogen) atoms.